The Hall–Kier alpha value is -1.36. The van der Waals surface area contributed by atoms with E-state index in [1.165, 1.54) is 0 Å². The highest BCUT2D eigenvalue weighted by molar-refractivity contribution is 5.47. The van der Waals surface area contributed by atoms with Crippen LogP contribution in [0.15, 0.2) is 6.07 Å². The van der Waals surface area contributed by atoms with Crippen molar-refractivity contribution in [2.45, 2.75) is 32.7 Å². The standard InChI is InChI=1S/C13H22N4O/c1-4-11-16-12(14-3)7-13(17-11)15-9(2)10-5-6-18-8-10/h7,9-10H,4-6,8H2,1-3H3,(H2,14,15,16,17). The van der Waals surface area contributed by atoms with E-state index in [1.807, 2.05) is 13.1 Å². The molecule has 1 saturated heterocycles. The topological polar surface area (TPSA) is 59.1 Å². The molecule has 2 N–H and O–H groups in total. The Morgan fingerprint density at radius 1 is 1.44 bits per heavy atom. The minimum Gasteiger partial charge on any atom is -0.381 e. The van der Waals surface area contributed by atoms with Gasteiger partial charge in [-0.3, -0.25) is 0 Å². The zero-order valence-electron chi connectivity index (χ0n) is 11.4. The van der Waals surface area contributed by atoms with E-state index >= 15 is 0 Å². The first-order valence-electron chi connectivity index (χ1n) is 6.63. The Labute approximate surface area is 108 Å². The maximum atomic E-state index is 5.42. The van der Waals surface area contributed by atoms with Crippen molar-refractivity contribution in [1.82, 2.24) is 9.97 Å². The summed E-state index contributed by atoms with van der Waals surface area (Å²) in [6.45, 7) is 5.97. The second-order valence-electron chi connectivity index (χ2n) is 4.71. The summed E-state index contributed by atoms with van der Waals surface area (Å²) in [5.74, 6) is 3.19. The maximum Gasteiger partial charge on any atom is 0.132 e. The van der Waals surface area contributed by atoms with E-state index in [0.29, 0.717) is 12.0 Å². The quantitative estimate of drug-likeness (QED) is 0.836. The molecule has 1 fully saturated rings. The van der Waals surface area contributed by atoms with Crippen LogP contribution in [-0.4, -0.2) is 36.3 Å². The molecule has 5 nitrogen and oxygen atoms in total. The first-order valence-corrected chi connectivity index (χ1v) is 6.63. The second-order valence-corrected chi connectivity index (χ2v) is 4.71. The van der Waals surface area contributed by atoms with Gasteiger partial charge in [-0.05, 0) is 13.3 Å². The van der Waals surface area contributed by atoms with Crippen LogP contribution >= 0.6 is 0 Å². The predicted octanol–water partition coefficient (Wildman–Crippen LogP) is 1.92. The SMILES string of the molecule is CCc1nc(NC)cc(NC(C)C2CCOC2)n1. The van der Waals surface area contributed by atoms with Gasteiger partial charge in [0, 0.05) is 38.1 Å². The zero-order valence-corrected chi connectivity index (χ0v) is 11.4. The third-order valence-electron chi connectivity index (χ3n) is 3.39. The van der Waals surface area contributed by atoms with Gasteiger partial charge in [0.15, 0.2) is 0 Å². The van der Waals surface area contributed by atoms with Crippen LogP contribution in [0.25, 0.3) is 0 Å². The second kappa shape index (κ2) is 6.00. The predicted molar refractivity (Wildman–Crippen MR) is 73.0 cm³/mol. The van der Waals surface area contributed by atoms with Crippen molar-refractivity contribution in [3.05, 3.63) is 11.9 Å². The molecule has 0 aliphatic carbocycles. The van der Waals surface area contributed by atoms with Crippen molar-refractivity contribution in [3.63, 3.8) is 0 Å². The lowest BCUT2D eigenvalue weighted by Gasteiger charge is -2.20. The molecule has 2 atom stereocenters. The lowest BCUT2D eigenvalue weighted by atomic mass is 10.0. The molecule has 0 amide bonds. The number of rotatable bonds is 5. The van der Waals surface area contributed by atoms with Gasteiger partial charge in [-0.2, -0.15) is 0 Å². The van der Waals surface area contributed by atoms with E-state index in [1.54, 1.807) is 0 Å². The van der Waals surface area contributed by atoms with Crippen molar-refractivity contribution in [1.29, 1.82) is 0 Å². The Bertz CT molecular complexity index is 368. The summed E-state index contributed by atoms with van der Waals surface area (Å²) < 4.78 is 5.42. The highest BCUT2D eigenvalue weighted by atomic mass is 16.5. The molecule has 0 radical (unpaired) electrons. The number of anilines is 2. The van der Waals surface area contributed by atoms with Gasteiger partial charge in [-0.25, -0.2) is 9.97 Å². The van der Waals surface area contributed by atoms with E-state index < -0.39 is 0 Å². The zero-order chi connectivity index (χ0) is 13.0. The van der Waals surface area contributed by atoms with Crippen LogP contribution in [0.3, 0.4) is 0 Å². The van der Waals surface area contributed by atoms with E-state index in [2.05, 4.69) is 34.4 Å². The van der Waals surface area contributed by atoms with Crippen LogP contribution < -0.4 is 10.6 Å². The van der Waals surface area contributed by atoms with Crippen molar-refractivity contribution in [2.75, 3.05) is 30.9 Å². The molecule has 1 aromatic rings. The van der Waals surface area contributed by atoms with Gasteiger partial charge >= 0.3 is 0 Å². The van der Waals surface area contributed by atoms with Gasteiger partial charge in [0.1, 0.15) is 17.5 Å². The van der Waals surface area contributed by atoms with Gasteiger partial charge in [0.25, 0.3) is 0 Å². The van der Waals surface area contributed by atoms with Gasteiger partial charge in [0.2, 0.25) is 0 Å². The van der Waals surface area contributed by atoms with Crippen molar-refractivity contribution >= 4 is 11.6 Å². The molecule has 5 heteroatoms. The molecule has 2 rings (SSSR count). The van der Waals surface area contributed by atoms with Crippen molar-refractivity contribution in [3.8, 4) is 0 Å². The summed E-state index contributed by atoms with van der Waals surface area (Å²) >= 11 is 0. The van der Waals surface area contributed by atoms with Crippen molar-refractivity contribution < 1.29 is 4.74 Å². The molecule has 1 aliphatic rings. The Balaban J connectivity index is 2.07. The van der Waals surface area contributed by atoms with Gasteiger partial charge in [-0.1, -0.05) is 6.92 Å². The summed E-state index contributed by atoms with van der Waals surface area (Å²) in [5, 5.41) is 6.53. The number of nitrogens with one attached hydrogen (secondary N) is 2. The molecular formula is C13H22N4O. The number of ether oxygens (including phenoxy) is 1. The van der Waals surface area contributed by atoms with E-state index in [0.717, 1.165) is 43.5 Å². The molecule has 2 unspecified atom stereocenters. The molecule has 0 saturated carbocycles. The summed E-state index contributed by atoms with van der Waals surface area (Å²) in [4.78, 5) is 8.90. The average Bonchev–Trinajstić information content (AvgIpc) is 2.92. The largest absolute Gasteiger partial charge is 0.381 e. The Kier molecular flexibility index (Phi) is 4.36. The fraction of sp³-hybridized carbons (Fsp3) is 0.692. The maximum absolute atomic E-state index is 5.42. The minimum absolute atomic E-state index is 0.372. The fourth-order valence-corrected chi connectivity index (χ4v) is 2.16. The first kappa shape index (κ1) is 13.1. The number of aromatic nitrogens is 2. The average molecular weight is 250 g/mol. The minimum atomic E-state index is 0.372. The summed E-state index contributed by atoms with van der Waals surface area (Å²) in [7, 11) is 1.87. The third-order valence-corrected chi connectivity index (χ3v) is 3.39. The van der Waals surface area contributed by atoms with Crippen LogP contribution in [-0.2, 0) is 11.2 Å². The monoisotopic (exact) mass is 250 g/mol. The lowest BCUT2D eigenvalue weighted by molar-refractivity contribution is 0.183. The summed E-state index contributed by atoms with van der Waals surface area (Å²) in [6.07, 6.45) is 1.96. The number of aryl methyl sites for hydroxylation is 1. The van der Waals surface area contributed by atoms with Gasteiger partial charge < -0.3 is 15.4 Å². The highest BCUT2D eigenvalue weighted by Crippen LogP contribution is 2.20. The van der Waals surface area contributed by atoms with E-state index in [4.69, 9.17) is 4.74 Å². The first-order chi connectivity index (χ1) is 8.72. The van der Waals surface area contributed by atoms with Crippen molar-refractivity contribution in [2.24, 2.45) is 5.92 Å². The van der Waals surface area contributed by atoms with Crippen LogP contribution in [0.4, 0.5) is 11.6 Å². The molecule has 2 heterocycles. The molecule has 1 aromatic heterocycles. The van der Waals surface area contributed by atoms with E-state index in [9.17, 15) is 0 Å². The summed E-state index contributed by atoms with van der Waals surface area (Å²) in [6, 6.07) is 2.32. The van der Waals surface area contributed by atoms with Crippen LogP contribution in [0.5, 0.6) is 0 Å². The molecule has 18 heavy (non-hydrogen) atoms. The smallest absolute Gasteiger partial charge is 0.132 e. The highest BCUT2D eigenvalue weighted by Gasteiger charge is 2.22. The molecule has 0 spiro atoms. The molecule has 0 aromatic carbocycles. The van der Waals surface area contributed by atoms with Gasteiger partial charge in [-0.15, -0.1) is 0 Å². The fourth-order valence-electron chi connectivity index (χ4n) is 2.16. The normalized spacial score (nSPS) is 20.7. The van der Waals surface area contributed by atoms with Crippen LogP contribution in [0.1, 0.15) is 26.1 Å². The Morgan fingerprint density at radius 2 is 2.22 bits per heavy atom. The molecular weight excluding hydrogens is 228 g/mol. The summed E-state index contributed by atoms with van der Waals surface area (Å²) in [5.41, 5.74) is 0. The molecule has 0 bridgehead atoms. The number of nitrogens with zero attached hydrogens (tertiary/aromatic N) is 2. The molecule has 100 valence electrons. The van der Waals surface area contributed by atoms with Crippen LogP contribution in [0.2, 0.25) is 0 Å². The number of hydrogen-bond acceptors (Lipinski definition) is 5. The third kappa shape index (κ3) is 3.10. The van der Waals surface area contributed by atoms with Crippen LogP contribution in [0, 0.1) is 5.92 Å². The Morgan fingerprint density at radius 3 is 2.83 bits per heavy atom. The number of hydrogen-bond donors (Lipinski definition) is 2. The van der Waals surface area contributed by atoms with E-state index in [-0.39, 0.29) is 0 Å². The lowest BCUT2D eigenvalue weighted by Crippen LogP contribution is -2.26. The molecule has 1 aliphatic heterocycles. The van der Waals surface area contributed by atoms with Gasteiger partial charge in [0.05, 0.1) is 6.61 Å².